The minimum absolute atomic E-state index is 0.00225. The van der Waals surface area contributed by atoms with Gasteiger partial charge in [-0.1, -0.05) is 0 Å². The van der Waals surface area contributed by atoms with Gasteiger partial charge in [-0.05, 0) is 18.2 Å². The second-order valence-corrected chi connectivity index (χ2v) is 5.30. The summed E-state index contributed by atoms with van der Waals surface area (Å²) in [5.74, 6) is -2.48. The number of amides is 3. The Hall–Kier alpha value is -2.82. The third kappa shape index (κ3) is 2.93. The molecule has 0 aromatic heterocycles. The molecule has 1 aromatic carbocycles. The number of benzene rings is 1. The van der Waals surface area contributed by atoms with Crippen LogP contribution in [0.5, 0.6) is 0 Å². The Kier molecular flexibility index (Phi) is 4.17. The third-order valence-electron chi connectivity index (χ3n) is 2.91. The van der Waals surface area contributed by atoms with E-state index in [0.29, 0.717) is 5.69 Å². The van der Waals surface area contributed by atoms with Crippen LogP contribution < -0.4 is 21.3 Å². The molecule has 0 spiro atoms. The van der Waals surface area contributed by atoms with Crippen molar-refractivity contribution < 1.29 is 27.9 Å². The van der Waals surface area contributed by atoms with Crippen molar-refractivity contribution in [2.75, 3.05) is 16.1 Å². The Morgan fingerprint density at radius 3 is 2.64 bits per heavy atom. The number of urea groups is 1. The molecule has 5 N–H and O–H groups in total. The maximum absolute atomic E-state index is 12.0. The molecule has 2 rings (SSSR count). The summed E-state index contributed by atoms with van der Waals surface area (Å²) in [5.41, 5.74) is 5.52. The van der Waals surface area contributed by atoms with E-state index in [1.807, 2.05) is 0 Å². The highest BCUT2D eigenvalue weighted by molar-refractivity contribution is 7.72. The van der Waals surface area contributed by atoms with E-state index in [9.17, 15) is 22.8 Å². The summed E-state index contributed by atoms with van der Waals surface area (Å²) in [6.45, 7) is 0. The van der Waals surface area contributed by atoms with Crippen LogP contribution in [0.25, 0.3) is 0 Å². The minimum Gasteiger partial charge on any atom is -0.478 e. The van der Waals surface area contributed by atoms with Crippen molar-refractivity contribution in [2.45, 2.75) is 6.17 Å². The van der Waals surface area contributed by atoms with Gasteiger partial charge in [0.25, 0.3) is 5.91 Å². The lowest BCUT2D eigenvalue weighted by Crippen LogP contribution is -2.60. The van der Waals surface area contributed by atoms with Crippen LogP contribution in [-0.2, 0) is 15.5 Å². The number of nitrogens with one attached hydrogen (secondary N) is 2. The molecular formula is C11H12N4O6S. The van der Waals surface area contributed by atoms with Gasteiger partial charge >= 0.3 is 12.0 Å². The third-order valence-corrected chi connectivity index (χ3v) is 3.33. The molecule has 1 aliphatic heterocycles. The monoisotopic (exact) mass is 328 g/mol. The summed E-state index contributed by atoms with van der Waals surface area (Å²) in [6, 6.07) is 2.98. The molecule has 0 radical (unpaired) electrons. The van der Waals surface area contributed by atoms with Crippen LogP contribution in [0.2, 0.25) is 0 Å². The van der Waals surface area contributed by atoms with Gasteiger partial charge < -0.3 is 21.5 Å². The number of primary amides is 1. The fourth-order valence-corrected chi connectivity index (χ4v) is 2.33. The van der Waals surface area contributed by atoms with Crippen LogP contribution in [0.1, 0.15) is 10.4 Å². The number of anilines is 2. The normalized spacial score (nSPS) is 16.9. The second kappa shape index (κ2) is 5.89. The molecule has 1 unspecified atom stereocenters. The Morgan fingerprint density at radius 2 is 2.09 bits per heavy atom. The van der Waals surface area contributed by atoms with E-state index in [4.69, 9.17) is 10.8 Å². The molecule has 0 fully saturated rings. The molecule has 0 saturated heterocycles. The van der Waals surface area contributed by atoms with Gasteiger partial charge in [0, 0.05) is 5.69 Å². The molecular weight excluding hydrogens is 316 g/mol. The number of nitrogens with zero attached hydrogens (tertiary/aromatic N) is 1. The Balaban J connectivity index is 2.44. The molecule has 0 aliphatic carbocycles. The van der Waals surface area contributed by atoms with E-state index in [0.717, 1.165) is 4.90 Å². The molecule has 3 amide bonds. The van der Waals surface area contributed by atoms with Gasteiger partial charge in [0.05, 0.1) is 11.3 Å². The van der Waals surface area contributed by atoms with Crippen LogP contribution in [0.15, 0.2) is 18.2 Å². The van der Waals surface area contributed by atoms with Crippen molar-refractivity contribution in [1.29, 1.82) is 0 Å². The first kappa shape index (κ1) is 15.6. The van der Waals surface area contributed by atoms with E-state index in [2.05, 4.69) is 10.6 Å². The Bertz CT molecular complexity index is 723. The van der Waals surface area contributed by atoms with Crippen LogP contribution in [0.3, 0.4) is 0 Å². The zero-order chi connectivity index (χ0) is 16.4. The van der Waals surface area contributed by atoms with Crippen molar-refractivity contribution in [3.63, 3.8) is 0 Å². The molecule has 11 heteroatoms. The van der Waals surface area contributed by atoms with E-state index >= 15 is 0 Å². The summed E-state index contributed by atoms with van der Waals surface area (Å²) < 4.78 is 21.1. The number of carbonyl (C=O) groups is 3. The van der Waals surface area contributed by atoms with E-state index in [-0.39, 0.29) is 17.1 Å². The Morgan fingerprint density at radius 1 is 1.41 bits per heavy atom. The Labute approximate surface area is 125 Å². The fraction of sp³-hybridized carbons (Fsp3) is 0.182. The number of carboxylic acids is 1. The zero-order valence-corrected chi connectivity index (χ0v) is 11.9. The fourth-order valence-electron chi connectivity index (χ4n) is 2.02. The summed E-state index contributed by atoms with van der Waals surface area (Å²) in [4.78, 5) is 35.3. The van der Waals surface area contributed by atoms with Crippen molar-refractivity contribution in [2.24, 2.45) is 5.73 Å². The molecule has 0 bridgehead atoms. The highest BCUT2D eigenvalue weighted by Gasteiger charge is 2.38. The zero-order valence-electron chi connectivity index (χ0n) is 11.0. The number of thiol groups is 1. The molecule has 10 nitrogen and oxygen atoms in total. The number of rotatable bonds is 4. The standard InChI is InChI=1S/C11H12N4O6S/c12-11(19)15-7-2-1-5(13-4-22(20)21)3-6(7)9(16)14-8(15)10(17)18/h1-3,8,13,22H,4H2,(H2,12,19)(H,14,16)(H,17,18). The average molecular weight is 328 g/mol. The maximum atomic E-state index is 12.0. The van der Waals surface area contributed by atoms with Gasteiger partial charge in [-0.2, -0.15) is 0 Å². The van der Waals surface area contributed by atoms with Gasteiger partial charge in [-0.25, -0.2) is 18.0 Å². The van der Waals surface area contributed by atoms with Crippen LogP contribution in [0, 0.1) is 0 Å². The topological polar surface area (TPSA) is 159 Å². The van der Waals surface area contributed by atoms with Crippen LogP contribution >= 0.6 is 0 Å². The lowest BCUT2D eigenvalue weighted by Gasteiger charge is -2.33. The summed E-state index contributed by atoms with van der Waals surface area (Å²) in [6.07, 6.45) is -1.60. The van der Waals surface area contributed by atoms with Crippen LogP contribution in [-0.4, -0.2) is 43.5 Å². The predicted molar refractivity (Wildman–Crippen MR) is 76.2 cm³/mol. The average Bonchev–Trinajstić information content (AvgIpc) is 2.44. The van der Waals surface area contributed by atoms with Gasteiger partial charge in [0.2, 0.25) is 6.17 Å². The quantitative estimate of drug-likeness (QED) is 0.430. The number of fused-ring (bicyclic) bond motifs is 1. The largest absolute Gasteiger partial charge is 0.478 e. The number of hydrogen-bond donors (Lipinski definition) is 5. The smallest absolute Gasteiger partial charge is 0.347 e. The van der Waals surface area contributed by atoms with Crippen molar-refractivity contribution >= 4 is 40.0 Å². The summed E-state index contributed by atoms with van der Waals surface area (Å²) in [5, 5.41) is 13.8. The van der Waals surface area contributed by atoms with Crippen LogP contribution in [0.4, 0.5) is 16.2 Å². The summed E-state index contributed by atoms with van der Waals surface area (Å²) >= 11 is 0. The molecule has 1 atom stereocenters. The highest BCUT2D eigenvalue weighted by atomic mass is 32.2. The van der Waals surface area contributed by atoms with E-state index in [1.54, 1.807) is 0 Å². The molecule has 118 valence electrons. The first-order valence-corrected chi connectivity index (χ1v) is 7.29. The number of carbonyl (C=O) groups excluding carboxylic acids is 2. The predicted octanol–water partition coefficient (Wildman–Crippen LogP) is -1.29. The molecule has 0 saturated carbocycles. The molecule has 1 aliphatic rings. The van der Waals surface area contributed by atoms with Gasteiger partial charge in [-0.15, -0.1) is 0 Å². The first-order valence-electron chi connectivity index (χ1n) is 5.93. The SMILES string of the molecule is NC(=O)N1c2ccc(NC[SH](=O)=O)cc2C(=O)NC1C(=O)O. The molecule has 22 heavy (non-hydrogen) atoms. The number of carboxylic acid groups (broad SMARTS) is 1. The van der Waals surface area contributed by atoms with E-state index < -0.39 is 34.8 Å². The lowest BCUT2D eigenvalue weighted by molar-refractivity contribution is -0.139. The number of hydrogen-bond acceptors (Lipinski definition) is 6. The van der Waals surface area contributed by atoms with Crippen molar-refractivity contribution in [3.05, 3.63) is 23.8 Å². The lowest BCUT2D eigenvalue weighted by atomic mass is 10.1. The first-order chi connectivity index (χ1) is 10.3. The van der Waals surface area contributed by atoms with Gasteiger partial charge in [-0.3, -0.25) is 9.69 Å². The number of nitrogens with two attached hydrogens (primary N) is 1. The van der Waals surface area contributed by atoms with E-state index in [1.165, 1.54) is 18.2 Å². The summed E-state index contributed by atoms with van der Waals surface area (Å²) in [7, 11) is -2.66. The number of aliphatic carboxylic acids is 1. The van der Waals surface area contributed by atoms with Crippen molar-refractivity contribution in [3.8, 4) is 0 Å². The molecule has 1 heterocycles. The van der Waals surface area contributed by atoms with Crippen molar-refractivity contribution in [1.82, 2.24) is 5.32 Å². The minimum atomic E-state index is -2.66. The maximum Gasteiger partial charge on any atom is 0.347 e. The molecule has 1 aromatic rings. The van der Waals surface area contributed by atoms with Gasteiger partial charge in [0.1, 0.15) is 5.88 Å². The second-order valence-electron chi connectivity index (χ2n) is 4.32. The van der Waals surface area contributed by atoms with Gasteiger partial charge in [0.15, 0.2) is 10.7 Å². The highest BCUT2D eigenvalue weighted by Crippen LogP contribution is 2.29.